The molecule has 2 saturated heterocycles. The fraction of sp³-hybridized carbons (Fsp3) is 0.833. The van der Waals surface area contributed by atoms with Crippen molar-refractivity contribution in [1.82, 2.24) is 0 Å². The number of allylic oxidation sites excluding steroid dienone is 3. The molecule has 0 radical (unpaired) electrons. The van der Waals surface area contributed by atoms with E-state index in [4.69, 9.17) is 9.84 Å². The van der Waals surface area contributed by atoms with Crippen molar-refractivity contribution in [2.45, 2.75) is 104 Å². The number of fused-ring (bicyclic) bond motifs is 5. The van der Waals surface area contributed by atoms with Crippen molar-refractivity contribution < 1.29 is 24.9 Å². The maximum absolute atomic E-state index is 12.7. The highest BCUT2D eigenvalue weighted by molar-refractivity contribution is 5.86. The van der Waals surface area contributed by atoms with Gasteiger partial charge < -0.3 is 20.1 Å². The molecule has 5 nitrogen and oxygen atoms in total. The summed E-state index contributed by atoms with van der Waals surface area (Å²) in [4.78, 5) is 11.1. The van der Waals surface area contributed by atoms with E-state index in [0.29, 0.717) is 30.4 Å². The molecule has 35 heavy (non-hydrogen) atoms. The van der Waals surface area contributed by atoms with Crippen molar-refractivity contribution in [3.63, 3.8) is 0 Å². The second-order valence-electron chi connectivity index (χ2n) is 13.9. The maximum Gasteiger partial charge on any atom is 0.331 e. The lowest BCUT2D eigenvalue weighted by Crippen LogP contribution is -2.78. The molecule has 9 atom stereocenters. The summed E-state index contributed by atoms with van der Waals surface area (Å²) < 4.78 is 6.20. The lowest BCUT2D eigenvalue weighted by molar-refractivity contribution is -0.417. The van der Waals surface area contributed by atoms with Crippen LogP contribution in [0.5, 0.6) is 0 Å². The van der Waals surface area contributed by atoms with Crippen LogP contribution in [0.2, 0.25) is 0 Å². The van der Waals surface area contributed by atoms with E-state index >= 15 is 0 Å². The molecular formula is C30H46O5. The summed E-state index contributed by atoms with van der Waals surface area (Å²) in [5.41, 5.74) is -0.843. The zero-order valence-corrected chi connectivity index (χ0v) is 22.6. The van der Waals surface area contributed by atoms with Crippen LogP contribution in [0, 0.1) is 45.3 Å². The van der Waals surface area contributed by atoms with Gasteiger partial charge in [-0.25, -0.2) is 4.79 Å². The summed E-state index contributed by atoms with van der Waals surface area (Å²) in [6, 6.07) is 0. The number of ether oxygens (including phenoxy) is 1. The van der Waals surface area contributed by atoms with Crippen molar-refractivity contribution in [2.75, 3.05) is 6.61 Å². The number of carboxylic acids is 1. The highest BCUT2D eigenvalue weighted by Gasteiger charge is 2.77. The van der Waals surface area contributed by atoms with Crippen LogP contribution in [-0.2, 0) is 9.53 Å². The average Bonchev–Trinajstić information content (AvgIpc) is 3.07. The Morgan fingerprint density at radius 2 is 1.63 bits per heavy atom. The van der Waals surface area contributed by atoms with E-state index in [1.807, 2.05) is 6.08 Å². The topological polar surface area (TPSA) is 87.0 Å². The minimum absolute atomic E-state index is 0.0502. The van der Waals surface area contributed by atoms with Gasteiger partial charge >= 0.3 is 5.97 Å². The van der Waals surface area contributed by atoms with E-state index in [-0.39, 0.29) is 33.5 Å². The normalized spacial score (nSPS) is 51.5. The molecule has 196 valence electrons. The van der Waals surface area contributed by atoms with Crippen LogP contribution < -0.4 is 0 Å². The Hall–Kier alpha value is -1.17. The number of aliphatic hydroxyl groups is 2. The van der Waals surface area contributed by atoms with E-state index in [0.717, 1.165) is 44.9 Å². The third-order valence-corrected chi connectivity index (χ3v) is 12.8. The van der Waals surface area contributed by atoms with Gasteiger partial charge in [-0.05, 0) is 86.4 Å². The quantitative estimate of drug-likeness (QED) is 0.350. The van der Waals surface area contributed by atoms with Gasteiger partial charge in [-0.2, -0.15) is 0 Å². The van der Waals surface area contributed by atoms with Gasteiger partial charge in [0.25, 0.3) is 0 Å². The zero-order valence-electron chi connectivity index (χ0n) is 22.6. The third-order valence-electron chi connectivity index (χ3n) is 12.8. The zero-order chi connectivity index (χ0) is 25.7. The van der Waals surface area contributed by atoms with Crippen molar-refractivity contribution in [3.8, 4) is 0 Å². The monoisotopic (exact) mass is 486 g/mol. The smallest absolute Gasteiger partial charge is 0.331 e. The minimum Gasteiger partial charge on any atom is -0.478 e. The van der Waals surface area contributed by atoms with Gasteiger partial charge in [0, 0.05) is 22.8 Å². The SMILES string of the molecule is C/C(=C\C=C\[C@@H](C)[C@H]1CC[C@@]2(C)[C@@H]3CC[C@H]4C(C)(C)[C@]5(O)CC[C@]4(CO5)[C@@]3(O)CC[C@]12C)C(=O)O. The third kappa shape index (κ3) is 3.01. The van der Waals surface area contributed by atoms with Gasteiger partial charge in [0.1, 0.15) is 0 Å². The van der Waals surface area contributed by atoms with Crippen LogP contribution in [-0.4, -0.2) is 39.3 Å². The molecule has 2 heterocycles. The summed E-state index contributed by atoms with van der Waals surface area (Å²) in [6.07, 6.45) is 13.4. The summed E-state index contributed by atoms with van der Waals surface area (Å²) >= 11 is 0. The molecule has 1 spiro atoms. The molecule has 4 saturated carbocycles. The fourth-order valence-electron chi connectivity index (χ4n) is 10.4. The summed E-state index contributed by atoms with van der Waals surface area (Å²) in [5, 5.41) is 33.2. The number of rotatable bonds is 4. The fourth-order valence-corrected chi connectivity index (χ4v) is 10.4. The molecule has 3 N–H and O–H groups in total. The Labute approximate surface area is 211 Å². The molecule has 0 aromatic carbocycles. The predicted molar refractivity (Wildman–Crippen MR) is 135 cm³/mol. The van der Waals surface area contributed by atoms with Crippen LogP contribution >= 0.6 is 0 Å². The Morgan fingerprint density at radius 1 is 0.943 bits per heavy atom. The van der Waals surface area contributed by atoms with Gasteiger partial charge in [-0.1, -0.05) is 52.8 Å². The van der Waals surface area contributed by atoms with Gasteiger partial charge in [0.05, 0.1) is 12.2 Å². The van der Waals surface area contributed by atoms with Crippen molar-refractivity contribution >= 4 is 5.97 Å². The van der Waals surface area contributed by atoms with Crippen molar-refractivity contribution in [2.24, 2.45) is 45.3 Å². The maximum atomic E-state index is 12.7. The number of carbonyl (C=O) groups is 1. The highest BCUT2D eigenvalue weighted by Crippen LogP contribution is 2.77. The highest BCUT2D eigenvalue weighted by atomic mass is 16.6. The summed E-state index contributed by atoms with van der Waals surface area (Å²) in [7, 11) is 0. The number of hydrogen-bond acceptors (Lipinski definition) is 4. The number of aliphatic carboxylic acids is 1. The van der Waals surface area contributed by atoms with E-state index in [1.165, 1.54) is 0 Å². The number of carboxylic acid groups (broad SMARTS) is 1. The van der Waals surface area contributed by atoms with Crippen molar-refractivity contribution in [3.05, 3.63) is 23.8 Å². The molecule has 6 fully saturated rings. The van der Waals surface area contributed by atoms with Crippen LogP contribution in [0.25, 0.3) is 0 Å². The summed E-state index contributed by atoms with van der Waals surface area (Å²) in [5.74, 6) is -0.563. The summed E-state index contributed by atoms with van der Waals surface area (Å²) in [6.45, 7) is 13.6. The molecule has 6 aliphatic rings. The largest absolute Gasteiger partial charge is 0.478 e. The first kappa shape index (κ1) is 25.5. The molecule has 5 heteroatoms. The standard InChI is InChI=1S/C30H46O5/c1-19(8-7-9-20(2)24(31)32)21-12-13-27(6)23-11-10-22-25(3,4)30(34)17-15-28(22,18-35-30)29(23,33)16-14-26(21,27)5/h7-9,19,21-23,33-34H,10-18H2,1-6H3,(H,31,32)/b8-7+,20-9+/t19-,21-,22+,23+,26-,27+,28-,29-,30+/m1/s1. The van der Waals surface area contributed by atoms with Crippen LogP contribution in [0.15, 0.2) is 23.8 Å². The second kappa shape index (κ2) is 7.68. The average molecular weight is 487 g/mol. The Kier molecular flexibility index (Phi) is 5.59. The first-order chi connectivity index (χ1) is 16.2. The molecule has 2 aliphatic heterocycles. The lowest BCUT2D eigenvalue weighted by atomic mass is 9.34. The van der Waals surface area contributed by atoms with Crippen LogP contribution in [0.4, 0.5) is 0 Å². The molecular weight excluding hydrogens is 440 g/mol. The Morgan fingerprint density at radius 3 is 2.26 bits per heavy atom. The van der Waals surface area contributed by atoms with E-state index < -0.39 is 17.4 Å². The Balaban J connectivity index is 1.45. The minimum atomic E-state index is -1.07. The van der Waals surface area contributed by atoms with E-state index in [2.05, 4.69) is 40.7 Å². The Bertz CT molecular complexity index is 956. The molecule has 2 bridgehead atoms. The first-order valence-electron chi connectivity index (χ1n) is 13.9. The number of hydrogen-bond donors (Lipinski definition) is 3. The van der Waals surface area contributed by atoms with Crippen LogP contribution in [0.1, 0.15) is 92.9 Å². The predicted octanol–water partition coefficient (Wildman–Crippen LogP) is 5.71. The van der Waals surface area contributed by atoms with Gasteiger partial charge in [-0.3, -0.25) is 0 Å². The van der Waals surface area contributed by atoms with E-state index in [9.17, 15) is 15.0 Å². The van der Waals surface area contributed by atoms with Gasteiger partial charge in [0.2, 0.25) is 0 Å². The molecule has 0 unspecified atom stereocenters. The molecule has 0 aromatic rings. The lowest BCUT2D eigenvalue weighted by Gasteiger charge is -2.75. The van der Waals surface area contributed by atoms with Gasteiger partial charge in [0.15, 0.2) is 5.79 Å². The van der Waals surface area contributed by atoms with Crippen molar-refractivity contribution in [1.29, 1.82) is 0 Å². The van der Waals surface area contributed by atoms with Gasteiger partial charge in [-0.15, -0.1) is 0 Å². The first-order valence-corrected chi connectivity index (χ1v) is 13.9. The second-order valence-corrected chi connectivity index (χ2v) is 13.9. The molecule has 6 rings (SSSR count). The van der Waals surface area contributed by atoms with Crippen LogP contribution in [0.3, 0.4) is 0 Å². The molecule has 0 aromatic heterocycles. The van der Waals surface area contributed by atoms with E-state index in [1.54, 1.807) is 13.0 Å². The molecule has 0 amide bonds. The molecule has 4 aliphatic carbocycles.